The zero-order valence-electron chi connectivity index (χ0n) is 11.0. The minimum Gasteiger partial charge on any atom is -0.398 e. The minimum absolute atomic E-state index is 0.279. The lowest BCUT2D eigenvalue weighted by atomic mass is 9.84. The van der Waals surface area contributed by atoms with Crippen LogP contribution in [0.2, 0.25) is 0 Å². The predicted molar refractivity (Wildman–Crippen MR) is 68.8 cm³/mol. The number of hydrogen-bond donors (Lipinski definition) is 1. The van der Waals surface area contributed by atoms with Gasteiger partial charge in [0.1, 0.15) is 0 Å². The molecule has 2 rings (SSSR count). The van der Waals surface area contributed by atoms with Crippen LogP contribution in [0.3, 0.4) is 0 Å². The van der Waals surface area contributed by atoms with E-state index in [-0.39, 0.29) is 6.42 Å². The standard InChI is InChI=1S/C13H17F3N4/c14-13(15,16)10-19-7-3-12(2-5-17,4-8-19)20-6-1-11(18)9-20/h1,6,9H,2-4,7-8,10,18H2. The second kappa shape index (κ2) is 5.37. The number of hydrogen-bond acceptors (Lipinski definition) is 3. The second-order valence-corrected chi connectivity index (χ2v) is 5.30. The third-order valence-electron chi connectivity index (χ3n) is 3.86. The van der Waals surface area contributed by atoms with E-state index < -0.39 is 18.3 Å². The Morgan fingerprint density at radius 1 is 1.35 bits per heavy atom. The predicted octanol–water partition coefficient (Wildman–Crippen LogP) is 2.34. The molecule has 0 atom stereocenters. The average Bonchev–Trinajstić information content (AvgIpc) is 2.78. The number of nitrogen functional groups attached to an aromatic ring is 1. The van der Waals surface area contributed by atoms with Gasteiger partial charge in [0, 0.05) is 31.2 Å². The van der Waals surface area contributed by atoms with Crippen molar-refractivity contribution in [3.63, 3.8) is 0 Å². The quantitative estimate of drug-likeness (QED) is 0.927. The fourth-order valence-electron chi connectivity index (χ4n) is 2.76. The SMILES string of the molecule is N#CCC1(n2ccc(N)c2)CCN(CC(F)(F)F)CC1. The zero-order chi connectivity index (χ0) is 14.8. The number of anilines is 1. The normalized spacial score (nSPS) is 19.7. The molecule has 0 bridgehead atoms. The first-order valence-electron chi connectivity index (χ1n) is 6.45. The lowest BCUT2D eigenvalue weighted by molar-refractivity contribution is -0.150. The summed E-state index contributed by atoms with van der Waals surface area (Å²) in [7, 11) is 0. The molecule has 0 saturated carbocycles. The van der Waals surface area contributed by atoms with Crippen LogP contribution in [-0.4, -0.2) is 35.3 Å². The van der Waals surface area contributed by atoms with E-state index in [1.807, 2.05) is 4.57 Å². The molecule has 1 aromatic rings. The van der Waals surface area contributed by atoms with Gasteiger partial charge in [-0.15, -0.1) is 0 Å². The number of alkyl halides is 3. The molecule has 0 unspecified atom stereocenters. The number of nitriles is 1. The van der Waals surface area contributed by atoms with Gasteiger partial charge in [0.05, 0.1) is 24.6 Å². The molecule has 1 fully saturated rings. The fraction of sp³-hybridized carbons (Fsp3) is 0.615. The van der Waals surface area contributed by atoms with Crippen molar-refractivity contribution in [2.75, 3.05) is 25.4 Å². The minimum atomic E-state index is -4.17. The van der Waals surface area contributed by atoms with Crippen LogP contribution in [0.4, 0.5) is 18.9 Å². The van der Waals surface area contributed by atoms with Crippen molar-refractivity contribution in [3.05, 3.63) is 18.5 Å². The van der Waals surface area contributed by atoms with Crippen LogP contribution in [0.15, 0.2) is 18.5 Å². The summed E-state index contributed by atoms with van der Waals surface area (Å²) in [6, 6.07) is 3.88. The highest BCUT2D eigenvalue weighted by molar-refractivity contribution is 5.35. The van der Waals surface area contributed by atoms with Crippen LogP contribution in [0, 0.1) is 11.3 Å². The molecule has 2 N–H and O–H groups in total. The van der Waals surface area contributed by atoms with Crippen molar-refractivity contribution in [1.29, 1.82) is 5.26 Å². The number of aromatic nitrogens is 1. The molecule has 0 amide bonds. The van der Waals surface area contributed by atoms with Crippen molar-refractivity contribution in [2.24, 2.45) is 0 Å². The van der Waals surface area contributed by atoms with Crippen LogP contribution in [0.5, 0.6) is 0 Å². The highest BCUT2D eigenvalue weighted by Crippen LogP contribution is 2.35. The van der Waals surface area contributed by atoms with Gasteiger partial charge in [0.2, 0.25) is 0 Å². The Balaban J connectivity index is 2.09. The maximum atomic E-state index is 12.4. The maximum Gasteiger partial charge on any atom is 0.401 e. The third-order valence-corrected chi connectivity index (χ3v) is 3.86. The summed E-state index contributed by atoms with van der Waals surface area (Å²) in [5.41, 5.74) is 5.85. The molecule has 0 spiro atoms. The molecule has 7 heteroatoms. The van der Waals surface area contributed by atoms with E-state index in [0.717, 1.165) is 0 Å². The number of nitrogens with zero attached hydrogens (tertiary/aromatic N) is 3. The Labute approximate surface area is 115 Å². The average molecular weight is 286 g/mol. The lowest BCUT2D eigenvalue weighted by Crippen LogP contribution is -2.48. The van der Waals surface area contributed by atoms with E-state index in [1.54, 1.807) is 18.5 Å². The van der Waals surface area contributed by atoms with E-state index in [1.165, 1.54) is 4.90 Å². The molecule has 1 saturated heterocycles. The molecule has 1 aliphatic heterocycles. The van der Waals surface area contributed by atoms with Crippen LogP contribution in [0.1, 0.15) is 19.3 Å². The Kier molecular flexibility index (Phi) is 3.95. The molecule has 1 aromatic heterocycles. The molecule has 0 aliphatic carbocycles. The number of piperidine rings is 1. The zero-order valence-corrected chi connectivity index (χ0v) is 11.0. The summed E-state index contributed by atoms with van der Waals surface area (Å²) in [6.45, 7) is -0.220. The maximum absolute atomic E-state index is 12.4. The van der Waals surface area contributed by atoms with Crippen LogP contribution >= 0.6 is 0 Å². The molecule has 1 aliphatic rings. The van der Waals surface area contributed by atoms with Crippen molar-refractivity contribution in [1.82, 2.24) is 9.47 Å². The van der Waals surface area contributed by atoms with Crippen molar-refractivity contribution < 1.29 is 13.2 Å². The highest BCUT2D eigenvalue weighted by Gasteiger charge is 2.39. The van der Waals surface area contributed by atoms with Crippen LogP contribution in [-0.2, 0) is 5.54 Å². The van der Waals surface area contributed by atoms with E-state index >= 15 is 0 Å². The Hall–Kier alpha value is -1.68. The third kappa shape index (κ3) is 3.25. The van der Waals surface area contributed by atoms with Gasteiger partial charge in [-0.25, -0.2) is 0 Å². The summed E-state index contributed by atoms with van der Waals surface area (Å²) < 4.78 is 39.1. The van der Waals surface area contributed by atoms with Gasteiger partial charge < -0.3 is 10.3 Å². The summed E-state index contributed by atoms with van der Waals surface area (Å²) in [6.07, 6.45) is 0.687. The van der Waals surface area contributed by atoms with Crippen LogP contribution in [0.25, 0.3) is 0 Å². The number of nitrogens with two attached hydrogens (primary N) is 1. The van der Waals surface area contributed by atoms with Gasteiger partial charge in [-0.1, -0.05) is 0 Å². The van der Waals surface area contributed by atoms with E-state index in [9.17, 15) is 13.2 Å². The van der Waals surface area contributed by atoms with E-state index in [4.69, 9.17) is 11.0 Å². The fourth-order valence-corrected chi connectivity index (χ4v) is 2.76. The number of rotatable bonds is 3. The number of likely N-dealkylation sites (tertiary alicyclic amines) is 1. The Bertz CT molecular complexity index is 492. The largest absolute Gasteiger partial charge is 0.401 e. The van der Waals surface area contributed by atoms with Crippen LogP contribution < -0.4 is 5.73 Å². The first-order valence-corrected chi connectivity index (χ1v) is 6.45. The van der Waals surface area contributed by atoms with Gasteiger partial charge in [0.25, 0.3) is 0 Å². The van der Waals surface area contributed by atoms with Gasteiger partial charge >= 0.3 is 6.18 Å². The molecular formula is C13H17F3N4. The van der Waals surface area contributed by atoms with Gasteiger partial charge in [0.15, 0.2) is 0 Å². The lowest BCUT2D eigenvalue weighted by Gasteiger charge is -2.42. The molecular weight excluding hydrogens is 269 g/mol. The van der Waals surface area contributed by atoms with E-state index in [0.29, 0.717) is 31.6 Å². The van der Waals surface area contributed by atoms with Gasteiger partial charge in [-0.2, -0.15) is 18.4 Å². The summed E-state index contributed by atoms with van der Waals surface area (Å²) in [4.78, 5) is 1.39. The second-order valence-electron chi connectivity index (χ2n) is 5.30. The van der Waals surface area contributed by atoms with Gasteiger partial charge in [-0.05, 0) is 18.9 Å². The molecule has 0 aromatic carbocycles. The summed E-state index contributed by atoms with van der Waals surface area (Å²) in [5.74, 6) is 0. The molecule has 0 radical (unpaired) electrons. The van der Waals surface area contributed by atoms with E-state index in [2.05, 4.69) is 6.07 Å². The summed E-state index contributed by atoms with van der Waals surface area (Å²) >= 11 is 0. The molecule has 2 heterocycles. The molecule has 110 valence electrons. The first kappa shape index (κ1) is 14.7. The summed E-state index contributed by atoms with van der Waals surface area (Å²) in [5, 5.41) is 9.02. The van der Waals surface area contributed by atoms with Crippen molar-refractivity contribution in [3.8, 4) is 6.07 Å². The highest BCUT2D eigenvalue weighted by atomic mass is 19.4. The smallest absolute Gasteiger partial charge is 0.398 e. The Morgan fingerprint density at radius 3 is 2.45 bits per heavy atom. The van der Waals surface area contributed by atoms with Gasteiger partial charge in [-0.3, -0.25) is 4.90 Å². The molecule has 4 nitrogen and oxygen atoms in total. The van der Waals surface area contributed by atoms with Crippen molar-refractivity contribution in [2.45, 2.75) is 31.0 Å². The van der Waals surface area contributed by atoms with Crippen molar-refractivity contribution >= 4 is 5.69 Å². The Morgan fingerprint density at radius 2 is 2.00 bits per heavy atom. The molecule has 20 heavy (non-hydrogen) atoms. The topological polar surface area (TPSA) is 58.0 Å². The monoisotopic (exact) mass is 286 g/mol. The number of halogens is 3. The first-order chi connectivity index (χ1) is 9.35.